The molecule has 1 heterocycles. The molecule has 30 heavy (non-hydrogen) atoms. The van der Waals surface area contributed by atoms with Gasteiger partial charge in [-0.05, 0) is 42.9 Å². The number of nitrogens with one attached hydrogen (secondary N) is 3. The molecule has 3 rings (SSSR count). The average Bonchev–Trinajstić information content (AvgIpc) is 2.73. The van der Waals surface area contributed by atoms with Gasteiger partial charge < -0.3 is 20.4 Å². The molecule has 0 bridgehead atoms. The van der Waals surface area contributed by atoms with Crippen molar-refractivity contribution in [3.05, 3.63) is 81.1 Å². The number of aromatic amines is 1. The van der Waals surface area contributed by atoms with Crippen molar-refractivity contribution in [2.75, 3.05) is 20.2 Å². The summed E-state index contributed by atoms with van der Waals surface area (Å²) in [4.78, 5) is 40.2. The molecule has 1 aromatic heterocycles. The maximum Gasteiger partial charge on any atom is 0.329 e. The van der Waals surface area contributed by atoms with E-state index in [2.05, 4.69) is 15.6 Å². The monoisotopic (exact) mass is 427 g/mol. The first-order valence-corrected chi connectivity index (χ1v) is 9.84. The van der Waals surface area contributed by atoms with E-state index in [-0.39, 0.29) is 18.6 Å². The molecule has 1 amide bonds. The summed E-state index contributed by atoms with van der Waals surface area (Å²) in [6.45, 7) is 0.649. The number of fused-ring (bicyclic) bond motifs is 1. The van der Waals surface area contributed by atoms with Gasteiger partial charge in [-0.2, -0.15) is 0 Å². The standard InChI is InChI=1S/C22H22ClN3O4/c1-24-10-11-30-22(29)19(26-21(28)14-6-8-16(23)9-7-14)12-15-13-20(27)25-18-5-3-2-4-17(15)18/h2-9,13,19,24H,10-12H2,1H3,(H,25,27)(H,26,28). The minimum atomic E-state index is -0.963. The van der Waals surface area contributed by atoms with Crippen molar-refractivity contribution < 1.29 is 14.3 Å². The van der Waals surface area contributed by atoms with E-state index in [0.29, 0.717) is 28.2 Å². The third kappa shape index (κ3) is 5.46. The maximum absolute atomic E-state index is 12.7. The molecule has 0 aliphatic heterocycles. The number of hydrogen-bond donors (Lipinski definition) is 3. The lowest BCUT2D eigenvalue weighted by molar-refractivity contribution is -0.145. The van der Waals surface area contributed by atoms with Gasteiger partial charge >= 0.3 is 5.97 Å². The zero-order valence-corrected chi connectivity index (χ0v) is 17.2. The first kappa shape index (κ1) is 21.5. The predicted molar refractivity (Wildman–Crippen MR) is 116 cm³/mol. The molecule has 0 radical (unpaired) electrons. The van der Waals surface area contributed by atoms with Crippen molar-refractivity contribution in [1.82, 2.24) is 15.6 Å². The number of halogens is 1. The molecule has 0 fully saturated rings. The third-order valence-electron chi connectivity index (χ3n) is 4.55. The van der Waals surface area contributed by atoms with E-state index in [4.69, 9.17) is 16.3 Å². The normalized spacial score (nSPS) is 11.8. The molecular weight excluding hydrogens is 406 g/mol. The van der Waals surface area contributed by atoms with Gasteiger partial charge in [0.2, 0.25) is 5.56 Å². The number of carbonyl (C=O) groups excluding carboxylic acids is 2. The first-order chi connectivity index (χ1) is 14.5. The van der Waals surface area contributed by atoms with Crippen LogP contribution in [0.3, 0.4) is 0 Å². The van der Waals surface area contributed by atoms with E-state index in [0.717, 1.165) is 5.39 Å². The summed E-state index contributed by atoms with van der Waals surface area (Å²) in [5.41, 5.74) is 1.38. The van der Waals surface area contributed by atoms with Crippen molar-refractivity contribution >= 4 is 34.4 Å². The molecule has 3 N–H and O–H groups in total. The number of esters is 1. The van der Waals surface area contributed by atoms with Crippen LogP contribution in [0.15, 0.2) is 59.4 Å². The minimum Gasteiger partial charge on any atom is -0.463 e. The number of H-pyrrole nitrogens is 1. The third-order valence-corrected chi connectivity index (χ3v) is 4.80. The molecule has 0 spiro atoms. The van der Waals surface area contributed by atoms with Crippen molar-refractivity contribution in [1.29, 1.82) is 0 Å². The van der Waals surface area contributed by atoms with Gasteiger partial charge in [-0.1, -0.05) is 29.8 Å². The zero-order chi connectivity index (χ0) is 21.5. The van der Waals surface area contributed by atoms with E-state index in [9.17, 15) is 14.4 Å². The summed E-state index contributed by atoms with van der Waals surface area (Å²) in [6, 6.07) is 14.1. The summed E-state index contributed by atoms with van der Waals surface area (Å²) < 4.78 is 5.29. The van der Waals surface area contributed by atoms with Crippen LogP contribution in [0.1, 0.15) is 15.9 Å². The van der Waals surface area contributed by atoms with Gasteiger partial charge in [0, 0.05) is 40.5 Å². The van der Waals surface area contributed by atoms with Gasteiger partial charge in [-0.3, -0.25) is 9.59 Å². The van der Waals surface area contributed by atoms with E-state index in [1.54, 1.807) is 37.4 Å². The second-order valence-corrected chi connectivity index (χ2v) is 7.15. The summed E-state index contributed by atoms with van der Waals surface area (Å²) in [6.07, 6.45) is 0.113. The number of aromatic nitrogens is 1. The lowest BCUT2D eigenvalue weighted by atomic mass is 10.0. The predicted octanol–water partition coefficient (Wildman–Crippen LogP) is 2.29. The van der Waals surface area contributed by atoms with E-state index >= 15 is 0 Å². The summed E-state index contributed by atoms with van der Waals surface area (Å²) >= 11 is 5.88. The number of ether oxygens (including phenoxy) is 1. The van der Waals surface area contributed by atoms with Gasteiger partial charge in [-0.15, -0.1) is 0 Å². The lowest BCUT2D eigenvalue weighted by Crippen LogP contribution is -2.44. The fraction of sp³-hybridized carbons (Fsp3) is 0.227. The Morgan fingerprint density at radius 3 is 2.60 bits per heavy atom. The number of carbonyl (C=O) groups is 2. The van der Waals surface area contributed by atoms with Crippen LogP contribution in [0.25, 0.3) is 10.9 Å². The fourth-order valence-corrected chi connectivity index (χ4v) is 3.18. The highest BCUT2D eigenvalue weighted by atomic mass is 35.5. The zero-order valence-electron chi connectivity index (χ0n) is 16.4. The summed E-state index contributed by atoms with van der Waals surface area (Å²) in [5.74, 6) is -1.01. The highest BCUT2D eigenvalue weighted by Crippen LogP contribution is 2.17. The Morgan fingerprint density at radius 2 is 1.87 bits per heavy atom. The number of hydrogen-bond acceptors (Lipinski definition) is 5. The average molecular weight is 428 g/mol. The van der Waals surface area contributed by atoms with Gasteiger partial charge in [0.1, 0.15) is 12.6 Å². The number of rotatable bonds is 8. The molecule has 3 aromatic rings. The second kappa shape index (κ2) is 10.0. The van der Waals surface area contributed by atoms with Gasteiger partial charge in [0.25, 0.3) is 5.91 Å². The molecule has 0 saturated heterocycles. The summed E-state index contributed by atoms with van der Waals surface area (Å²) in [5, 5.41) is 6.92. The van der Waals surface area contributed by atoms with Crippen LogP contribution in [-0.4, -0.2) is 43.1 Å². The van der Waals surface area contributed by atoms with Crippen LogP contribution >= 0.6 is 11.6 Å². The SMILES string of the molecule is CNCCOC(=O)C(Cc1cc(=O)[nH]c2ccccc12)NC(=O)c1ccc(Cl)cc1. The highest BCUT2D eigenvalue weighted by molar-refractivity contribution is 6.30. The number of para-hydroxylation sites is 1. The topological polar surface area (TPSA) is 100 Å². The quantitative estimate of drug-likeness (QED) is 0.378. The van der Waals surface area contributed by atoms with E-state index < -0.39 is 17.9 Å². The molecule has 7 nitrogen and oxygen atoms in total. The molecular formula is C22H22ClN3O4. The molecule has 8 heteroatoms. The van der Waals surface area contributed by atoms with Crippen LogP contribution in [0.2, 0.25) is 5.02 Å². The molecule has 0 aliphatic rings. The Hall–Kier alpha value is -3.16. The molecule has 0 aliphatic carbocycles. The van der Waals surface area contributed by atoms with Crippen LogP contribution in [0.5, 0.6) is 0 Å². The van der Waals surface area contributed by atoms with Crippen LogP contribution in [-0.2, 0) is 16.0 Å². The van der Waals surface area contributed by atoms with Crippen molar-refractivity contribution in [3.8, 4) is 0 Å². The molecule has 2 aromatic carbocycles. The van der Waals surface area contributed by atoms with E-state index in [1.165, 1.54) is 6.07 Å². The largest absolute Gasteiger partial charge is 0.463 e. The van der Waals surface area contributed by atoms with Gasteiger partial charge in [0.15, 0.2) is 0 Å². The van der Waals surface area contributed by atoms with Gasteiger partial charge in [0.05, 0.1) is 0 Å². The van der Waals surface area contributed by atoms with Crippen molar-refractivity contribution in [2.24, 2.45) is 0 Å². The fourth-order valence-electron chi connectivity index (χ4n) is 3.06. The molecule has 1 atom stereocenters. The Kier molecular flexibility index (Phi) is 7.21. The Morgan fingerprint density at radius 1 is 1.13 bits per heavy atom. The van der Waals surface area contributed by atoms with Crippen molar-refractivity contribution in [3.63, 3.8) is 0 Å². The Labute approximate surface area is 178 Å². The molecule has 156 valence electrons. The molecule has 0 saturated carbocycles. The minimum absolute atomic E-state index is 0.113. The smallest absolute Gasteiger partial charge is 0.329 e. The first-order valence-electron chi connectivity index (χ1n) is 9.46. The van der Waals surface area contributed by atoms with Crippen LogP contribution in [0.4, 0.5) is 0 Å². The number of pyridine rings is 1. The highest BCUT2D eigenvalue weighted by Gasteiger charge is 2.24. The van der Waals surface area contributed by atoms with Crippen molar-refractivity contribution in [2.45, 2.75) is 12.5 Å². The molecule has 1 unspecified atom stereocenters. The second-order valence-electron chi connectivity index (χ2n) is 6.71. The van der Waals surface area contributed by atoms with Crippen LogP contribution < -0.4 is 16.2 Å². The Balaban J connectivity index is 1.88. The number of benzene rings is 2. The maximum atomic E-state index is 12.7. The van der Waals surface area contributed by atoms with E-state index in [1.807, 2.05) is 18.2 Å². The number of likely N-dealkylation sites (N-methyl/N-ethyl adjacent to an activating group) is 1. The lowest BCUT2D eigenvalue weighted by Gasteiger charge is -2.19. The Bertz CT molecular complexity index is 1100. The number of amides is 1. The van der Waals surface area contributed by atoms with Crippen LogP contribution in [0, 0.1) is 0 Å². The summed E-state index contributed by atoms with van der Waals surface area (Å²) in [7, 11) is 1.75. The van der Waals surface area contributed by atoms with Gasteiger partial charge in [-0.25, -0.2) is 4.79 Å².